The molecule has 0 bridgehead atoms. The van der Waals surface area contributed by atoms with Crippen LogP contribution in [-0.4, -0.2) is 29.1 Å². The second-order valence-electron chi connectivity index (χ2n) is 5.96. The zero-order chi connectivity index (χ0) is 17.1. The second-order valence-corrected chi connectivity index (χ2v) is 7.02. The summed E-state index contributed by atoms with van der Waals surface area (Å²) in [7, 11) is 1.68. The van der Waals surface area contributed by atoms with E-state index in [0.29, 0.717) is 12.2 Å². The van der Waals surface area contributed by atoms with Gasteiger partial charge < -0.3 is 15.0 Å². The number of thiazole rings is 1. The van der Waals surface area contributed by atoms with E-state index in [4.69, 9.17) is 4.74 Å². The van der Waals surface area contributed by atoms with Gasteiger partial charge in [0.1, 0.15) is 0 Å². The summed E-state index contributed by atoms with van der Waals surface area (Å²) in [6.07, 6.45) is 3.19. The number of urea groups is 1. The van der Waals surface area contributed by atoms with Gasteiger partial charge in [0.15, 0.2) is 11.6 Å². The van der Waals surface area contributed by atoms with Gasteiger partial charge in [0, 0.05) is 24.2 Å². The van der Waals surface area contributed by atoms with Gasteiger partial charge in [0.05, 0.1) is 23.4 Å². The van der Waals surface area contributed by atoms with Gasteiger partial charge >= 0.3 is 6.03 Å². The molecule has 0 spiro atoms. The molecule has 0 atom stereocenters. The molecule has 24 heavy (non-hydrogen) atoms. The van der Waals surface area contributed by atoms with E-state index in [0.717, 1.165) is 30.0 Å². The molecule has 1 aliphatic rings. The minimum atomic E-state index is -0.461. The molecule has 1 saturated carbocycles. The molecule has 1 heterocycles. The standard InChI is InChI=1S/C17H20FN3O2S/c1-11-19-13(10-24-11)9-21(2)17(22)20-12-6-7-16(15(18)8-12)23-14-4-3-5-14/h6-8,10,14H,3-5,9H2,1-2H3,(H,20,22). The highest BCUT2D eigenvalue weighted by Crippen LogP contribution is 2.28. The number of anilines is 1. The first-order valence-electron chi connectivity index (χ1n) is 7.90. The lowest BCUT2D eigenvalue weighted by molar-refractivity contribution is 0.115. The van der Waals surface area contributed by atoms with Crippen LogP contribution in [0.15, 0.2) is 23.6 Å². The van der Waals surface area contributed by atoms with Crippen LogP contribution in [0.25, 0.3) is 0 Å². The fourth-order valence-electron chi connectivity index (χ4n) is 2.36. The predicted molar refractivity (Wildman–Crippen MR) is 92.0 cm³/mol. The highest BCUT2D eigenvalue weighted by Gasteiger charge is 2.21. The van der Waals surface area contributed by atoms with Crippen molar-refractivity contribution >= 4 is 23.1 Å². The highest BCUT2D eigenvalue weighted by molar-refractivity contribution is 7.09. The largest absolute Gasteiger partial charge is 0.487 e. The SMILES string of the molecule is Cc1nc(CN(C)C(=O)Nc2ccc(OC3CCC3)c(F)c2)cs1. The van der Waals surface area contributed by atoms with Gasteiger partial charge in [0.25, 0.3) is 0 Å². The Balaban J connectivity index is 1.57. The molecule has 1 aromatic heterocycles. The monoisotopic (exact) mass is 349 g/mol. The van der Waals surface area contributed by atoms with Crippen LogP contribution in [0.3, 0.4) is 0 Å². The number of halogens is 1. The zero-order valence-electron chi connectivity index (χ0n) is 13.7. The molecule has 1 aliphatic carbocycles. The molecule has 1 N–H and O–H groups in total. The summed E-state index contributed by atoms with van der Waals surface area (Å²) in [4.78, 5) is 18.0. The molecule has 2 aromatic rings. The van der Waals surface area contributed by atoms with Crippen molar-refractivity contribution in [3.63, 3.8) is 0 Å². The van der Waals surface area contributed by atoms with Crippen molar-refractivity contribution in [1.82, 2.24) is 9.88 Å². The number of rotatable bonds is 5. The van der Waals surface area contributed by atoms with Gasteiger partial charge in [-0.1, -0.05) is 0 Å². The smallest absolute Gasteiger partial charge is 0.321 e. The number of carbonyl (C=O) groups is 1. The maximum atomic E-state index is 14.1. The molecule has 5 nitrogen and oxygen atoms in total. The molecule has 7 heteroatoms. The number of amides is 2. The van der Waals surface area contributed by atoms with E-state index >= 15 is 0 Å². The number of carbonyl (C=O) groups excluding carboxylic acids is 1. The third-order valence-electron chi connectivity index (χ3n) is 3.94. The summed E-state index contributed by atoms with van der Waals surface area (Å²) in [6, 6.07) is 4.18. The molecule has 0 aliphatic heterocycles. The van der Waals surface area contributed by atoms with E-state index in [1.165, 1.54) is 11.0 Å². The molecule has 0 radical (unpaired) electrons. The molecule has 3 rings (SSSR count). The van der Waals surface area contributed by atoms with Gasteiger partial charge in [0.2, 0.25) is 0 Å². The van der Waals surface area contributed by atoms with Crippen LogP contribution in [0, 0.1) is 12.7 Å². The van der Waals surface area contributed by atoms with Crippen LogP contribution in [0.2, 0.25) is 0 Å². The first-order valence-corrected chi connectivity index (χ1v) is 8.78. The fourth-order valence-corrected chi connectivity index (χ4v) is 2.96. The zero-order valence-corrected chi connectivity index (χ0v) is 14.5. The lowest BCUT2D eigenvalue weighted by Gasteiger charge is -2.26. The summed E-state index contributed by atoms with van der Waals surface area (Å²) < 4.78 is 19.6. The van der Waals surface area contributed by atoms with Gasteiger partial charge in [-0.15, -0.1) is 11.3 Å². The van der Waals surface area contributed by atoms with Crippen molar-refractivity contribution in [3.05, 3.63) is 40.1 Å². The first-order chi connectivity index (χ1) is 11.5. The Morgan fingerprint density at radius 3 is 2.88 bits per heavy atom. The summed E-state index contributed by atoms with van der Waals surface area (Å²) in [5.41, 5.74) is 1.24. The molecule has 0 unspecified atom stereocenters. The van der Waals surface area contributed by atoms with E-state index in [-0.39, 0.29) is 17.9 Å². The fraction of sp³-hybridized carbons (Fsp3) is 0.412. The highest BCUT2D eigenvalue weighted by atomic mass is 32.1. The van der Waals surface area contributed by atoms with Crippen molar-refractivity contribution in [1.29, 1.82) is 0 Å². The lowest BCUT2D eigenvalue weighted by atomic mass is 9.96. The molecular weight excluding hydrogens is 329 g/mol. The Bertz CT molecular complexity index is 730. The Hall–Kier alpha value is -2.15. The van der Waals surface area contributed by atoms with Gasteiger partial charge in [-0.25, -0.2) is 14.2 Å². The van der Waals surface area contributed by atoms with E-state index in [2.05, 4.69) is 10.3 Å². The third kappa shape index (κ3) is 4.03. The number of aromatic nitrogens is 1. The van der Waals surface area contributed by atoms with Crippen molar-refractivity contribution in [2.45, 2.75) is 38.8 Å². The normalized spacial score (nSPS) is 14.1. The van der Waals surface area contributed by atoms with E-state index in [1.807, 2.05) is 12.3 Å². The van der Waals surface area contributed by atoms with Gasteiger partial charge in [-0.05, 0) is 38.3 Å². The Kier molecular flexibility index (Phi) is 4.99. The van der Waals surface area contributed by atoms with Crippen molar-refractivity contribution in [2.24, 2.45) is 0 Å². The minimum Gasteiger partial charge on any atom is -0.487 e. The third-order valence-corrected chi connectivity index (χ3v) is 4.76. The molecule has 128 valence electrons. The average molecular weight is 349 g/mol. The Morgan fingerprint density at radius 2 is 2.29 bits per heavy atom. The summed E-state index contributed by atoms with van der Waals surface area (Å²) >= 11 is 1.54. The molecule has 1 fully saturated rings. The van der Waals surface area contributed by atoms with Crippen LogP contribution in [-0.2, 0) is 6.54 Å². The number of hydrogen-bond donors (Lipinski definition) is 1. The van der Waals surface area contributed by atoms with Crippen molar-refractivity contribution in [3.8, 4) is 5.75 Å². The number of nitrogens with zero attached hydrogens (tertiary/aromatic N) is 2. The average Bonchev–Trinajstić information content (AvgIpc) is 2.89. The summed E-state index contributed by atoms with van der Waals surface area (Å²) in [5.74, 6) is -0.221. The molecular formula is C17H20FN3O2S. The maximum Gasteiger partial charge on any atom is 0.321 e. The van der Waals surface area contributed by atoms with Crippen LogP contribution < -0.4 is 10.1 Å². The van der Waals surface area contributed by atoms with Gasteiger partial charge in [-0.3, -0.25) is 0 Å². The number of benzene rings is 1. The van der Waals surface area contributed by atoms with E-state index < -0.39 is 5.82 Å². The summed E-state index contributed by atoms with van der Waals surface area (Å²) in [5, 5.41) is 5.57. The summed E-state index contributed by atoms with van der Waals surface area (Å²) in [6.45, 7) is 2.33. The van der Waals surface area contributed by atoms with E-state index in [1.54, 1.807) is 30.5 Å². The lowest BCUT2D eigenvalue weighted by Crippen LogP contribution is -2.31. The van der Waals surface area contributed by atoms with Crippen LogP contribution in [0.5, 0.6) is 5.75 Å². The van der Waals surface area contributed by atoms with Crippen molar-refractivity contribution in [2.75, 3.05) is 12.4 Å². The predicted octanol–water partition coefficient (Wildman–Crippen LogP) is 4.19. The van der Waals surface area contributed by atoms with Crippen LogP contribution in [0.1, 0.15) is 30.0 Å². The minimum absolute atomic E-state index is 0.118. The number of nitrogens with one attached hydrogen (secondary N) is 1. The molecule has 1 aromatic carbocycles. The first kappa shape index (κ1) is 16.7. The number of hydrogen-bond acceptors (Lipinski definition) is 4. The molecule has 2 amide bonds. The van der Waals surface area contributed by atoms with Crippen LogP contribution in [0.4, 0.5) is 14.9 Å². The van der Waals surface area contributed by atoms with E-state index in [9.17, 15) is 9.18 Å². The topological polar surface area (TPSA) is 54.5 Å². The van der Waals surface area contributed by atoms with Crippen molar-refractivity contribution < 1.29 is 13.9 Å². The van der Waals surface area contributed by atoms with Gasteiger partial charge in [-0.2, -0.15) is 0 Å². The number of aryl methyl sites for hydroxylation is 1. The maximum absolute atomic E-state index is 14.1. The quantitative estimate of drug-likeness (QED) is 0.881. The Morgan fingerprint density at radius 1 is 1.50 bits per heavy atom. The van der Waals surface area contributed by atoms with Crippen LogP contribution >= 0.6 is 11.3 Å². The Labute approximate surface area is 144 Å². The second kappa shape index (κ2) is 7.17. The molecule has 0 saturated heterocycles. The number of ether oxygens (including phenoxy) is 1.